The second-order valence-electron chi connectivity index (χ2n) is 7.68. The van der Waals surface area contributed by atoms with Crippen molar-refractivity contribution in [1.82, 2.24) is 9.97 Å². The van der Waals surface area contributed by atoms with Crippen LogP contribution in [0.15, 0.2) is 90.6 Å². The van der Waals surface area contributed by atoms with Crippen LogP contribution in [-0.4, -0.2) is 9.97 Å². The van der Waals surface area contributed by atoms with Gasteiger partial charge in [0.25, 0.3) is 0 Å². The number of anilines is 2. The van der Waals surface area contributed by atoms with E-state index in [0.29, 0.717) is 0 Å². The maximum atomic E-state index is 6.30. The molecule has 1 aliphatic carbocycles. The predicted octanol–water partition coefficient (Wildman–Crippen LogP) is 7.01. The fourth-order valence-corrected chi connectivity index (χ4v) is 4.72. The van der Waals surface area contributed by atoms with Crippen LogP contribution in [0.5, 0.6) is 5.75 Å². The lowest BCUT2D eigenvalue weighted by Crippen LogP contribution is -2.24. The van der Waals surface area contributed by atoms with E-state index in [1.54, 1.807) is 12.4 Å². The third-order valence-electron chi connectivity index (χ3n) is 5.97. The molecule has 0 amide bonds. The molecule has 0 bridgehead atoms. The van der Waals surface area contributed by atoms with Gasteiger partial charge in [-0.15, -0.1) is 0 Å². The van der Waals surface area contributed by atoms with E-state index in [9.17, 15) is 0 Å². The second kappa shape index (κ2) is 6.81. The van der Waals surface area contributed by atoms with Gasteiger partial charge in [0, 0.05) is 35.3 Å². The first kappa shape index (κ1) is 17.9. The SMILES string of the molecule is C/C=C\C1=C(CC)Oc2ccccc2N1c1ccc2cccc3c2c1-c1nccnc1-3. The maximum Gasteiger partial charge on any atom is 0.151 e. The number of aromatic nitrogens is 2. The van der Waals surface area contributed by atoms with Crippen LogP contribution in [0.25, 0.3) is 33.3 Å². The summed E-state index contributed by atoms with van der Waals surface area (Å²) in [7, 11) is 0. The van der Waals surface area contributed by atoms with Gasteiger partial charge in [-0.3, -0.25) is 9.97 Å². The summed E-state index contributed by atoms with van der Waals surface area (Å²) in [5.41, 5.74) is 7.33. The summed E-state index contributed by atoms with van der Waals surface area (Å²) >= 11 is 0. The molecule has 2 heterocycles. The van der Waals surface area contributed by atoms with Gasteiger partial charge >= 0.3 is 0 Å². The second-order valence-corrected chi connectivity index (χ2v) is 7.68. The minimum atomic E-state index is 0.801. The highest BCUT2D eigenvalue weighted by Crippen LogP contribution is 2.53. The average molecular weight is 403 g/mol. The van der Waals surface area contributed by atoms with Crippen molar-refractivity contribution >= 4 is 22.1 Å². The van der Waals surface area contributed by atoms with Gasteiger partial charge in [-0.2, -0.15) is 0 Å². The molecule has 0 saturated carbocycles. The van der Waals surface area contributed by atoms with Crippen molar-refractivity contribution in [1.29, 1.82) is 0 Å². The van der Waals surface area contributed by atoms with Crippen LogP contribution < -0.4 is 9.64 Å². The lowest BCUT2D eigenvalue weighted by molar-refractivity contribution is 0.396. The Bertz CT molecular complexity index is 1420. The first-order valence-electron chi connectivity index (χ1n) is 10.6. The zero-order valence-electron chi connectivity index (χ0n) is 17.5. The zero-order chi connectivity index (χ0) is 20.9. The number of allylic oxidation sites excluding steroid dienone is 3. The van der Waals surface area contributed by atoms with Gasteiger partial charge in [-0.05, 0) is 36.6 Å². The fourth-order valence-electron chi connectivity index (χ4n) is 4.72. The number of rotatable bonds is 3. The van der Waals surface area contributed by atoms with E-state index >= 15 is 0 Å². The smallest absolute Gasteiger partial charge is 0.151 e. The predicted molar refractivity (Wildman–Crippen MR) is 125 cm³/mol. The van der Waals surface area contributed by atoms with Gasteiger partial charge in [0.15, 0.2) is 5.75 Å². The molecular formula is C27H21N3O. The molecule has 1 aliphatic heterocycles. The number of hydrogen-bond acceptors (Lipinski definition) is 4. The Balaban J connectivity index is 1.72. The minimum absolute atomic E-state index is 0.801. The van der Waals surface area contributed by atoms with Gasteiger partial charge in [0.2, 0.25) is 0 Å². The van der Waals surface area contributed by atoms with Gasteiger partial charge < -0.3 is 9.64 Å². The molecule has 4 heteroatoms. The van der Waals surface area contributed by atoms with Gasteiger partial charge in [-0.1, -0.05) is 49.4 Å². The quantitative estimate of drug-likeness (QED) is 0.325. The molecular weight excluding hydrogens is 382 g/mol. The van der Waals surface area contributed by atoms with Gasteiger partial charge in [0.05, 0.1) is 28.5 Å². The molecule has 0 fully saturated rings. The maximum absolute atomic E-state index is 6.30. The van der Waals surface area contributed by atoms with E-state index < -0.39 is 0 Å². The summed E-state index contributed by atoms with van der Waals surface area (Å²) in [6.07, 6.45) is 8.54. The van der Waals surface area contributed by atoms with Crippen LogP contribution >= 0.6 is 0 Å². The fraction of sp³-hybridized carbons (Fsp3) is 0.111. The number of nitrogens with zero attached hydrogens (tertiary/aromatic N) is 3. The van der Waals surface area contributed by atoms with Crippen LogP contribution in [0.1, 0.15) is 20.3 Å². The average Bonchev–Trinajstić information content (AvgIpc) is 3.16. The Morgan fingerprint density at radius 1 is 0.903 bits per heavy atom. The van der Waals surface area contributed by atoms with Crippen molar-refractivity contribution in [2.24, 2.45) is 0 Å². The van der Waals surface area contributed by atoms with Crippen molar-refractivity contribution in [3.05, 3.63) is 90.6 Å². The first-order valence-corrected chi connectivity index (χ1v) is 10.6. The molecule has 3 aromatic carbocycles. The van der Waals surface area contributed by atoms with Crippen LogP contribution in [0.4, 0.5) is 11.4 Å². The molecule has 0 N–H and O–H groups in total. The highest BCUT2D eigenvalue weighted by atomic mass is 16.5. The largest absolute Gasteiger partial charge is 0.457 e. The number of para-hydroxylation sites is 2. The number of fused-ring (bicyclic) bond motifs is 4. The van der Waals surface area contributed by atoms with Crippen LogP contribution in [0.2, 0.25) is 0 Å². The lowest BCUT2D eigenvalue weighted by atomic mass is 10.00. The molecule has 2 aliphatic rings. The van der Waals surface area contributed by atoms with Crippen molar-refractivity contribution in [3.63, 3.8) is 0 Å². The molecule has 4 nitrogen and oxygen atoms in total. The Morgan fingerprint density at radius 3 is 2.58 bits per heavy atom. The molecule has 0 radical (unpaired) electrons. The zero-order valence-corrected chi connectivity index (χ0v) is 17.5. The molecule has 6 rings (SSSR count). The van der Waals surface area contributed by atoms with Crippen molar-refractivity contribution < 1.29 is 4.74 Å². The van der Waals surface area contributed by atoms with E-state index in [1.807, 2.05) is 19.1 Å². The van der Waals surface area contributed by atoms with E-state index in [2.05, 4.69) is 71.4 Å². The summed E-state index contributed by atoms with van der Waals surface area (Å²) < 4.78 is 6.30. The van der Waals surface area contributed by atoms with E-state index in [0.717, 1.165) is 57.5 Å². The third-order valence-corrected chi connectivity index (χ3v) is 5.97. The van der Waals surface area contributed by atoms with Crippen molar-refractivity contribution in [3.8, 4) is 28.3 Å². The third kappa shape index (κ3) is 2.48. The number of hydrogen-bond donors (Lipinski definition) is 0. The Kier molecular flexibility index (Phi) is 3.93. The number of benzene rings is 3. The normalized spacial score (nSPS) is 14.2. The highest BCUT2D eigenvalue weighted by Gasteiger charge is 2.32. The molecule has 0 spiro atoms. The Morgan fingerprint density at radius 2 is 1.74 bits per heavy atom. The summed E-state index contributed by atoms with van der Waals surface area (Å²) in [5, 5.41) is 2.41. The molecule has 0 saturated heterocycles. The topological polar surface area (TPSA) is 38.2 Å². The Labute approximate surface area is 181 Å². The van der Waals surface area contributed by atoms with Crippen LogP contribution in [-0.2, 0) is 0 Å². The van der Waals surface area contributed by atoms with Crippen LogP contribution in [0, 0.1) is 0 Å². The van der Waals surface area contributed by atoms with Crippen molar-refractivity contribution in [2.45, 2.75) is 20.3 Å². The van der Waals surface area contributed by atoms with E-state index in [4.69, 9.17) is 9.72 Å². The highest BCUT2D eigenvalue weighted by molar-refractivity contribution is 6.17. The van der Waals surface area contributed by atoms with E-state index in [1.165, 1.54) is 10.8 Å². The molecule has 0 atom stereocenters. The summed E-state index contributed by atoms with van der Waals surface area (Å²) in [4.78, 5) is 11.8. The molecule has 150 valence electrons. The molecule has 4 aromatic rings. The summed E-state index contributed by atoms with van der Waals surface area (Å²) in [5.74, 6) is 1.82. The van der Waals surface area contributed by atoms with Gasteiger partial charge in [0.1, 0.15) is 5.76 Å². The minimum Gasteiger partial charge on any atom is -0.457 e. The Hall–Kier alpha value is -3.92. The summed E-state index contributed by atoms with van der Waals surface area (Å²) in [6, 6.07) is 19.0. The van der Waals surface area contributed by atoms with Crippen LogP contribution in [0.3, 0.4) is 0 Å². The summed E-state index contributed by atoms with van der Waals surface area (Å²) in [6.45, 7) is 4.17. The molecule has 1 aromatic heterocycles. The monoisotopic (exact) mass is 403 g/mol. The standard InChI is InChI=1S/C27H21N3O/c1-3-8-19-22(4-2)31-23-12-6-5-11-20(23)30(19)21-14-13-17-9-7-10-18-24(17)25(21)27-26(18)28-15-16-29-27/h3,5-16H,4H2,1-2H3/b8-3-. The molecule has 31 heavy (non-hydrogen) atoms. The number of ether oxygens (including phenoxy) is 1. The lowest BCUT2D eigenvalue weighted by Gasteiger charge is -2.35. The van der Waals surface area contributed by atoms with E-state index in [-0.39, 0.29) is 0 Å². The molecule has 0 unspecified atom stereocenters. The van der Waals surface area contributed by atoms with Crippen molar-refractivity contribution in [2.75, 3.05) is 4.90 Å². The first-order chi connectivity index (χ1) is 15.3. The van der Waals surface area contributed by atoms with Gasteiger partial charge in [-0.25, -0.2) is 0 Å².